The van der Waals surface area contributed by atoms with Crippen LogP contribution in [0.25, 0.3) is 0 Å². The highest BCUT2D eigenvalue weighted by Crippen LogP contribution is 2.30. The Morgan fingerprint density at radius 3 is 2.78 bits per heavy atom. The number of carbonyl (C=O) groups is 1. The van der Waals surface area contributed by atoms with Gasteiger partial charge >= 0.3 is 5.97 Å². The summed E-state index contributed by atoms with van der Waals surface area (Å²) in [4.78, 5) is 13.3. The van der Waals surface area contributed by atoms with Crippen LogP contribution in [0.1, 0.15) is 35.7 Å². The zero-order valence-corrected chi connectivity index (χ0v) is 10.5. The lowest BCUT2D eigenvalue weighted by Crippen LogP contribution is -2.26. The van der Waals surface area contributed by atoms with Crippen LogP contribution in [-0.2, 0) is 6.54 Å². The molecule has 0 aliphatic heterocycles. The first-order chi connectivity index (χ1) is 8.60. The average molecular weight is 251 g/mol. The van der Waals surface area contributed by atoms with Gasteiger partial charge in [0.1, 0.15) is 5.82 Å². The van der Waals surface area contributed by atoms with E-state index in [9.17, 15) is 9.18 Å². The molecule has 2 rings (SSSR count). The summed E-state index contributed by atoms with van der Waals surface area (Å²) in [7, 11) is 0. The zero-order chi connectivity index (χ0) is 13.1. The minimum atomic E-state index is -0.993. The van der Waals surface area contributed by atoms with E-state index in [4.69, 9.17) is 5.11 Å². The number of carboxylic acids is 1. The molecule has 1 N–H and O–H groups in total. The average Bonchev–Trinajstić information content (AvgIpc) is 3.11. The summed E-state index contributed by atoms with van der Waals surface area (Å²) in [6.45, 7) is 4.38. The molecular weight excluding hydrogens is 233 g/mol. The third-order valence-corrected chi connectivity index (χ3v) is 3.35. The van der Waals surface area contributed by atoms with Gasteiger partial charge in [-0.15, -0.1) is 0 Å². The second-order valence-corrected chi connectivity index (χ2v) is 4.88. The van der Waals surface area contributed by atoms with Crippen LogP contribution in [0.3, 0.4) is 0 Å². The van der Waals surface area contributed by atoms with Crippen molar-refractivity contribution in [2.45, 2.75) is 26.3 Å². The zero-order valence-electron chi connectivity index (χ0n) is 10.5. The summed E-state index contributed by atoms with van der Waals surface area (Å²) in [5.41, 5.74) is 0.760. The van der Waals surface area contributed by atoms with Crippen LogP contribution in [-0.4, -0.2) is 29.1 Å². The van der Waals surface area contributed by atoms with Crippen LogP contribution < -0.4 is 0 Å². The number of halogens is 1. The Hall–Kier alpha value is -1.42. The summed E-state index contributed by atoms with van der Waals surface area (Å²) in [5, 5.41) is 9.10. The first kappa shape index (κ1) is 13.0. The second kappa shape index (κ2) is 5.48. The number of hydrogen-bond acceptors (Lipinski definition) is 2. The minimum Gasteiger partial charge on any atom is -0.478 e. The molecule has 1 aliphatic rings. The quantitative estimate of drug-likeness (QED) is 0.845. The number of benzene rings is 1. The molecule has 1 aromatic carbocycles. The van der Waals surface area contributed by atoms with E-state index in [1.165, 1.54) is 31.0 Å². The van der Waals surface area contributed by atoms with E-state index in [0.29, 0.717) is 12.1 Å². The van der Waals surface area contributed by atoms with E-state index in [0.717, 1.165) is 19.0 Å². The van der Waals surface area contributed by atoms with E-state index in [1.807, 2.05) is 6.92 Å². The summed E-state index contributed by atoms with van der Waals surface area (Å²) in [6.07, 6.45) is 2.51. The molecule has 0 spiro atoms. The third-order valence-electron chi connectivity index (χ3n) is 3.35. The molecule has 1 aromatic rings. The van der Waals surface area contributed by atoms with E-state index in [-0.39, 0.29) is 11.4 Å². The van der Waals surface area contributed by atoms with Crippen molar-refractivity contribution in [3.05, 3.63) is 35.1 Å². The van der Waals surface area contributed by atoms with Gasteiger partial charge in [0.05, 0.1) is 5.56 Å². The van der Waals surface area contributed by atoms with Crippen molar-refractivity contribution in [2.75, 3.05) is 13.1 Å². The Kier molecular flexibility index (Phi) is 3.97. The minimum absolute atomic E-state index is 0.200. The fourth-order valence-corrected chi connectivity index (χ4v) is 2.11. The lowest BCUT2D eigenvalue weighted by molar-refractivity contribution is 0.0694. The maximum Gasteiger partial charge on any atom is 0.336 e. The smallest absolute Gasteiger partial charge is 0.336 e. The Morgan fingerprint density at radius 2 is 2.22 bits per heavy atom. The van der Waals surface area contributed by atoms with Crippen LogP contribution in [0.15, 0.2) is 18.2 Å². The fraction of sp³-hybridized carbons (Fsp3) is 0.500. The van der Waals surface area contributed by atoms with Gasteiger partial charge in [0.25, 0.3) is 0 Å². The molecule has 0 heterocycles. The second-order valence-electron chi connectivity index (χ2n) is 4.88. The van der Waals surface area contributed by atoms with Crippen molar-refractivity contribution in [3.63, 3.8) is 0 Å². The molecule has 0 atom stereocenters. The van der Waals surface area contributed by atoms with Gasteiger partial charge < -0.3 is 5.11 Å². The molecule has 0 unspecified atom stereocenters. The van der Waals surface area contributed by atoms with Crippen molar-refractivity contribution in [2.24, 2.45) is 5.92 Å². The van der Waals surface area contributed by atoms with E-state index >= 15 is 0 Å². The highest BCUT2D eigenvalue weighted by molar-refractivity contribution is 5.89. The molecule has 0 amide bonds. The molecule has 1 fully saturated rings. The van der Waals surface area contributed by atoms with E-state index in [2.05, 4.69) is 4.90 Å². The first-order valence-corrected chi connectivity index (χ1v) is 6.34. The fourth-order valence-electron chi connectivity index (χ4n) is 2.11. The maximum atomic E-state index is 13.2. The molecule has 0 bridgehead atoms. The van der Waals surface area contributed by atoms with Gasteiger partial charge in [-0.05, 0) is 49.1 Å². The number of aromatic carboxylic acids is 1. The summed E-state index contributed by atoms with van der Waals surface area (Å²) < 4.78 is 13.2. The molecule has 0 radical (unpaired) electrons. The molecule has 0 aromatic heterocycles. The van der Waals surface area contributed by atoms with E-state index in [1.54, 1.807) is 0 Å². The predicted octanol–water partition coefficient (Wildman–Crippen LogP) is 2.76. The maximum absolute atomic E-state index is 13.2. The summed E-state index contributed by atoms with van der Waals surface area (Å²) in [5.74, 6) is -0.628. The van der Waals surface area contributed by atoms with Gasteiger partial charge in [-0.3, -0.25) is 4.90 Å². The lowest BCUT2D eigenvalue weighted by Gasteiger charge is -2.21. The monoisotopic (exact) mass is 251 g/mol. The standard InChI is InChI=1S/C14H18FNO2/c1-2-16(8-10-3-4-10)9-11-7-12(15)5-6-13(11)14(17)18/h5-7,10H,2-4,8-9H2,1H3,(H,17,18). The molecule has 4 heteroatoms. The van der Waals surface area contributed by atoms with Crippen LogP contribution in [0.4, 0.5) is 4.39 Å². The van der Waals surface area contributed by atoms with Crippen LogP contribution in [0.5, 0.6) is 0 Å². The highest BCUT2D eigenvalue weighted by atomic mass is 19.1. The van der Waals surface area contributed by atoms with Crippen molar-refractivity contribution in [1.29, 1.82) is 0 Å². The Morgan fingerprint density at radius 1 is 1.50 bits per heavy atom. The van der Waals surface area contributed by atoms with Crippen LogP contribution in [0, 0.1) is 11.7 Å². The van der Waals surface area contributed by atoms with E-state index < -0.39 is 5.97 Å². The summed E-state index contributed by atoms with van der Waals surface area (Å²) in [6, 6.07) is 3.88. The Bertz CT molecular complexity index is 443. The molecule has 1 aliphatic carbocycles. The summed E-state index contributed by atoms with van der Waals surface area (Å²) >= 11 is 0. The number of hydrogen-bond donors (Lipinski definition) is 1. The Balaban J connectivity index is 2.14. The largest absolute Gasteiger partial charge is 0.478 e. The van der Waals surface area contributed by atoms with Gasteiger partial charge in [0.2, 0.25) is 0 Å². The first-order valence-electron chi connectivity index (χ1n) is 6.34. The predicted molar refractivity (Wildman–Crippen MR) is 67.0 cm³/mol. The molecule has 18 heavy (non-hydrogen) atoms. The van der Waals surface area contributed by atoms with Crippen molar-refractivity contribution >= 4 is 5.97 Å². The topological polar surface area (TPSA) is 40.5 Å². The number of nitrogens with zero attached hydrogens (tertiary/aromatic N) is 1. The lowest BCUT2D eigenvalue weighted by atomic mass is 10.1. The number of rotatable bonds is 6. The SMILES string of the molecule is CCN(Cc1cc(F)ccc1C(=O)O)CC1CC1. The molecular formula is C14H18FNO2. The van der Waals surface area contributed by atoms with Crippen molar-refractivity contribution in [1.82, 2.24) is 4.90 Å². The third kappa shape index (κ3) is 3.29. The number of carboxylic acid groups (broad SMARTS) is 1. The van der Waals surface area contributed by atoms with Gasteiger partial charge in [0.15, 0.2) is 0 Å². The molecule has 1 saturated carbocycles. The van der Waals surface area contributed by atoms with Crippen molar-refractivity contribution < 1.29 is 14.3 Å². The molecule has 0 saturated heterocycles. The van der Waals surface area contributed by atoms with Gasteiger partial charge in [0, 0.05) is 13.1 Å². The van der Waals surface area contributed by atoms with Crippen LogP contribution >= 0.6 is 0 Å². The normalized spacial score (nSPS) is 15.1. The van der Waals surface area contributed by atoms with Gasteiger partial charge in [-0.1, -0.05) is 6.92 Å². The molecule has 3 nitrogen and oxygen atoms in total. The Labute approximate surface area is 106 Å². The van der Waals surface area contributed by atoms with Crippen LogP contribution in [0.2, 0.25) is 0 Å². The van der Waals surface area contributed by atoms with Crippen molar-refractivity contribution in [3.8, 4) is 0 Å². The van der Waals surface area contributed by atoms with Gasteiger partial charge in [-0.25, -0.2) is 9.18 Å². The molecule has 98 valence electrons. The highest BCUT2D eigenvalue weighted by Gasteiger charge is 2.24. The van der Waals surface area contributed by atoms with Gasteiger partial charge in [-0.2, -0.15) is 0 Å².